The van der Waals surface area contributed by atoms with Crippen molar-refractivity contribution >= 4 is 16.7 Å². The lowest BCUT2D eigenvalue weighted by molar-refractivity contribution is 0.315. The molecule has 3 aromatic rings. The molecule has 2 aliphatic heterocycles. The van der Waals surface area contributed by atoms with Crippen LogP contribution in [0.4, 0.5) is 5.69 Å². The first-order valence-corrected chi connectivity index (χ1v) is 9.53. The first-order chi connectivity index (χ1) is 12.4. The Balaban J connectivity index is 1.72. The SMILES string of the molecule is CCC[C@H]1CN2CCCc3cccc(c32)[C@@H]1n1nnc2ccccc21. The molecule has 0 bridgehead atoms. The van der Waals surface area contributed by atoms with Crippen LogP contribution in [-0.4, -0.2) is 28.1 Å². The predicted octanol–water partition coefficient (Wildman–Crippen LogP) is 4.20. The highest BCUT2D eigenvalue weighted by atomic mass is 15.4. The zero-order chi connectivity index (χ0) is 16.8. The summed E-state index contributed by atoms with van der Waals surface area (Å²) in [6, 6.07) is 15.5. The molecule has 0 saturated carbocycles. The number of fused-ring (bicyclic) bond motifs is 1. The second-order valence-electron chi connectivity index (χ2n) is 7.42. The fourth-order valence-corrected chi connectivity index (χ4v) is 4.87. The third-order valence-corrected chi connectivity index (χ3v) is 5.86. The van der Waals surface area contributed by atoms with E-state index in [-0.39, 0.29) is 6.04 Å². The lowest BCUT2D eigenvalue weighted by atomic mass is 9.81. The van der Waals surface area contributed by atoms with Gasteiger partial charge in [0, 0.05) is 30.3 Å². The molecule has 2 aromatic carbocycles. The van der Waals surface area contributed by atoms with Crippen LogP contribution in [0.5, 0.6) is 0 Å². The molecule has 0 radical (unpaired) electrons. The Hall–Kier alpha value is -2.36. The van der Waals surface area contributed by atoms with E-state index in [0.717, 1.165) is 17.6 Å². The quantitative estimate of drug-likeness (QED) is 0.721. The molecule has 2 atom stereocenters. The van der Waals surface area contributed by atoms with Crippen LogP contribution in [-0.2, 0) is 6.42 Å². The first kappa shape index (κ1) is 14.9. The average molecular weight is 332 g/mol. The van der Waals surface area contributed by atoms with Crippen LogP contribution in [0.2, 0.25) is 0 Å². The molecular weight excluding hydrogens is 308 g/mol. The van der Waals surface area contributed by atoms with E-state index >= 15 is 0 Å². The molecule has 128 valence electrons. The molecule has 1 aromatic heterocycles. The average Bonchev–Trinajstić information content (AvgIpc) is 3.06. The van der Waals surface area contributed by atoms with Crippen molar-refractivity contribution in [2.24, 2.45) is 5.92 Å². The number of nitrogens with zero attached hydrogens (tertiary/aromatic N) is 4. The summed E-state index contributed by atoms with van der Waals surface area (Å²) in [5.74, 6) is 0.580. The maximum absolute atomic E-state index is 4.60. The summed E-state index contributed by atoms with van der Waals surface area (Å²) in [4.78, 5) is 2.63. The zero-order valence-corrected chi connectivity index (χ0v) is 14.7. The van der Waals surface area contributed by atoms with Crippen molar-refractivity contribution in [2.45, 2.75) is 38.6 Å². The lowest BCUT2D eigenvalue weighted by Gasteiger charge is -2.44. The number of aryl methyl sites for hydroxylation is 1. The molecule has 0 amide bonds. The summed E-state index contributed by atoms with van der Waals surface area (Å²) in [6.07, 6.45) is 4.89. The predicted molar refractivity (Wildman–Crippen MR) is 101 cm³/mol. The highest BCUT2D eigenvalue weighted by Gasteiger charge is 2.37. The van der Waals surface area contributed by atoms with Crippen LogP contribution in [0.3, 0.4) is 0 Å². The van der Waals surface area contributed by atoms with Gasteiger partial charge in [0.25, 0.3) is 0 Å². The monoisotopic (exact) mass is 332 g/mol. The third-order valence-electron chi connectivity index (χ3n) is 5.86. The fraction of sp³-hybridized carbons (Fsp3) is 0.429. The van der Waals surface area contributed by atoms with Crippen LogP contribution >= 0.6 is 0 Å². The van der Waals surface area contributed by atoms with E-state index in [1.807, 2.05) is 6.07 Å². The summed E-state index contributed by atoms with van der Waals surface area (Å²) >= 11 is 0. The van der Waals surface area contributed by atoms with Gasteiger partial charge in [0.05, 0.1) is 11.6 Å². The Labute approximate surface area is 148 Å². The van der Waals surface area contributed by atoms with E-state index in [1.54, 1.807) is 0 Å². The van der Waals surface area contributed by atoms with E-state index in [9.17, 15) is 0 Å². The van der Waals surface area contributed by atoms with Crippen molar-refractivity contribution in [3.63, 3.8) is 0 Å². The summed E-state index contributed by atoms with van der Waals surface area (Å²) in [5.41, 5.74) is 6.57. The number of hydrogen-bond acceptors (Lipinski definition) is 3. The van der Waals surface area contributed by atoms with Crippen LogP contribution in [0, 0.1) is 5.92 Å². The Morgan fingerprint density at radius 3 is 2.96 bits per heavy atom. The molecule has 4 heteroatoms. The number of rotatable bonds is 3. The summed E-state index contributed by atoms with van der Waals surface area (Å²) in [7, 11) is 0. The van der Waals surface area contributed by atoms with Crippen molar-refractivity contribution in [3.05, 3.63) is 53.6 Å². The Morgan fingerprint density at radius 2 is 2.04 bits per heavy atom. The minimum Gasteiger partial charge on any atom is -0.371 e. The van der Waals surface area contributed by atoms with E-state index in [1.165, 1.54) is 49.0 Å². The Kier molecular flexibility index (Phi) is 3.51. The summed E-state index contributed by atoms with van der Waals surface area (Å²) in [6.45, 7) is 4.62. The number of anilines is 1. The van der Waals surface area contributed by atoms with Gasteiger partial charge in [-0.2, -0.15) is 0 Å². The topological polar surface area (TPSA) is 34.0 Å². The fourth-order valence-electron chi connectivity index (χ4n) is 4.87. The third kappa shape index (κ3) is 2.27. The van der Waals surface area contributed by atoms with E-state index < -0.39 is 0 Å². The molecule has 2 aliphatic rings. The minimum absolute atomic E-state index is 0.289. The zero-order valence-electron chi connectivity index (χ0n) is 14.7. The molecule has 0 unspecified atom stereocenters. The Morgan fingerprint density at radius 1 is 1.12 bits per heavy atom. The van der Waals surface area contributed by atoms with Gasteiger partial charge in [-0.15, -0.1) is 5.10 Å². The minimum atomic E-state index is 0.289. The van der Waals surface area contributed by atoms with E-state index in [2.05, 4.69) is 63.2 Å². The van der Waals surface area contributed by atoms with Gasteiger partial charge in [-0.3, -0.25) is 0 Å². The second-order valence-corrected chi connectivity index (χ2v) is 7.42. The van der Waals surface area contributed by atoms with Crippen molar-refractivity contribution in [3.8, 4) is 0 Å². The highest BCUT2D eigenvalue weighted by Crippen LogP contribution is 2.45. The standard InChI is InChI=1S/C21H24N4/c1-2-7-16-14-24-13-6-9-15-8-5-10-17(20(15)24)21(16)25-19-12-4-3-11-18(19)22-23-25/h3-5,8,10-12,16,21H,2,6-7,9,13-14H2,1H3/t16-,21+/m0/s1. The molecule has 25 heavy (non-hydrogen) atoms. The largest absolute Gasteiger partial charge is 0.371 e. The number of para-hydroxylation sites is 2. The van der Waals surface area contributed by atoms with Crippen molar-refractivity contribution in [1.29, 1.82) is 0 Å². The molecule has 0 spiro atoms. The van der Waals surface area contributed by atoms with Crippen LogP contribution in [0.1, 0.15) is 43.4 Å². The van der Waals surface area contributed by atoms with Gasteiger partial charge in [0.2, 0.25) is 0 Å². The van der Waals surface area contributed by atoms with Crippen LogP contribution < -0.4 is 4.90 Å². The van der Waals surface area contributed by atoms with E-state index in [0.29, 0.717) is 5.92 Å². The van der Waals surface area contributed by atoms with Crippen molar-refractivity contribution < 1.29 is 0 Å². The van der Waals surface area contributed by atoms with Gasteiger partial charge in [-0.05, 0) is 37.0 Å². The summed E-state index contributed by atoms with van der Waals surface area (Å²) < 4.78 is 2.19. The van der Waals surface area contributed by atoms with E-state index in [4.69, 9.17) is 0 Å². The lowest BCUT2D eigenvalue weighted by Crippen LogP contribution is -2.43. The van der Waals surface area contributed by atoms with Crippen molar-refractivity contribution in [2.75, 3.05) is 18.0 Å². The maximum atomic E-state index is 4.60. The molecule has 4 nitrogen and oxygen atoms in total. The van der Waals surface area contributed by atoms with Crippen LogP contribution in [0.25, 0.3) is 11.0 Å². The van der Waals surface area contributed by atoms with Gasteiger partial charge < -0.3 is 4.90 Å². The maximum Gasteiger partial charge on any atom is 0.113 e. The molecule has 0 aliphatic carbocycles. The second kappa shape index (κ2) is 5.87. The van der Waals surface area contributed by atoms with Gasteiger partial charge in [-0.25, -0.2) is 4.68 Å². The molecule has 5 rings (SSSR count). The number of hydrogen-bond donors (Lipinski definition) is 0. The molecule has 0 fully saturated rings. The Bertz CT molecular complexity index is 913. The summed E-state index contributed by atoms with van der Waals surface area (Å²) in [5, 5.41) is 9.03. The number of benzene rings is 2. The van der Waals surface area contributed by atoms with Gasteiger partial charge in [0.15, 0.2) is 0 Å². The van der Waals surface area contributed by atoms with Crippen LogP contribution in [0.15, 0.2) is 42.5 Å². The van der Waals surface area contributed by atoms with Crippen molar-refractivity contribution in [1.82, 2.24) is 15.0 Å². The highest BCUT2D eigenvalue weighted by molar-refractivity contribution is 5.75. The molecule has 0 saturated heterocycles. The number of aromatic nitrogens is 3. The first-order valence-electron chi connectivity index (χ1n) is 9.53. The van der Waals surface area contributed by atoms with Gasteiger partial charge >= 0.3 is 0 Å². The smallest absolute Gasteiger partial charge is 0.113 e. The molecule has 0 N–H and O–H groups in total. The van der Waals surface area contributed by atoms with Gasteiger partial charge in [0.1, 0.15) is 5.52 Å². The van der Waals surface area contributed by atoms with Gasteiger partial charge in [-0.1, -0.05) is 48.9 Å². The molecule has 3 heterocycles. The molecular formula is C21H24N4. The normalized spacial score (nSPS) is 22.2.